The van der Waals surface area contributed by atoms with Crippen LogP contribution in [0.5, 0.6) is 11.5 Å². The quantitative estimate of drug-likeness (QED) is 0.888. The van der Waals surface area contributed by atoms with Crippen LogP contribution in [0.2, 0.25) is 5.02 Å². The molecule has 5 heteroatoms. The van der Waals surface area contributed by atoms with Crippen molar-refractivity contribution >= 4 is 11.6 Å². The summed E-state index contributed by atoms with van der Waals surface area (Å²) in [6, 6.07) is 5.21. The van der Waals surface area contributed by atoms with E-state index in [1.807, 2.05) is 6.07 Å². The molecule has 0 aromatic heterocycles. The second kappa shape index (κ2) is 5.05. The molecule has 0 atom stereocenters. The summed E-state index contributed by atoms with van der Waals surface area (Å²) in [5.74, 6) is 0.963. The van der Waals surface area contributed by atoms with Crippen molar-refractivity contribution < 1.29 is 9.47 Å². The molecule has 18 heavy (non-hydrogen) atoms. The average Bonchev–Trinajstić information content (AvgIpc) is 3.17. The molecule has 1 aliphatic rings. The van der Waals surface area contributed by atoms with E-state index in [1.165, 1.54) is 7.11 Å². The third-order valence-electron chi connectivity index (χ3n) is 3.27. The Kier molecular flexibility index (Phi) is 3.65. The standard InChI is InChI=1S/C13H15ClN2O2/c1-17-11-5-9(6-15)4-10(14)12(11)18-8-13(7-16)2-3-13/h4-5H,2-3,7-8,16H2,1H3. The Bertz CT molecular complexity index is 492. The molecule has 0 radical (unpaired) electrons. The van der Waals surface area contributed by atoms with Gasteiger partial charge in [-0.3, -0.25) is 0 Å². The molecule has 0 amide bonds. The molecule has 0 spiro atoms. The number of methoxy groups -OCH3 is 1. The fraction of sp³-hybridized carbons (Fsp3) is 0.462. The summed E-state index contributed by atoms with van der Waals surface area (Å²) in [5, 5.41) is 9.25. The van der Waals surface area contributed by atoms with E-state index in [0.717, 1.165) is 12.8 Å². The Morgan fingerprint density at radius 3 is 2.72 bits per heavy atom. The summed E-state index contributed by atoms with van der Waals surface area (Å²) >= 11 is 6.10. The Morgan fingerprint density at radius 2 is 2.22 bits per heavy atom. The predicted molar refractivity (Wildman–Crippen MR) is 68.9 cm³/mol. The number of hydrogen-bond donors (Lipinski definition) is 1. The molecule has 2 N–H and O–H groups in total. The topological polar surface area (TPSA) is 68.3 Å². The second-order valence-corrected chi connectivity index (χ2v) is 5.00. The Balaban J connectivity index is 2.19. The molecule has 2 rings (SSSR count). The molecule has 4 nitrogen and oxygen atoms in total. The Hall–Kier alpha value is -1.44. The Labute approximate surface area is 111 Å². The van der Waals surface area contributed by atoms with E-state index in [0.29, 0.717) is 35.2 Å². The zero-order valence-electron chi connectivity index (χ0n) is 10.2. The lowest BCUT2D eigenvalue weighted by atomic mass is 10.1. The summed E-state index contributed by atoms with van der Waals surface area (Å²) in [5.41, 5.74) is 6.25. The summed E-state index contributed by atoms with van der Waals surface area (Å²) in [6.45, 7) is 1.15. The zero-order valence-corrected chi connectivity index (χ0v) is 11.0. The van der Waals surface area contributed by atoms with Gasteiger partial charge in [0, 0.05) is 18.0 Å². The highest BCUT2D eigenvalue weighted by molar-refractivity contribution is 6.32. The molecule has 0 aliphatic heterocycles. The highest BCUT2D eigenvalue weighted by atomic mass is 35.5. The fourth-order valence-electron chi connectivity index (χ4n) is 1.73. The van der Waals surface area contributed by atoms with Gasteiger partial charge in [0.15, 0.2) is 11.5 Å². The van der Waals surface area contributed by atoms with Gasteiger partial charge in [0.1, 0.15) is 0 Å². The van der Waals surface area contributed by atoms with Gasteiger partial charge in [0.2, 0.25) is 0 Å². The minimum Gasteiger partial charge on any atom is -0.493 e. The van der Waals surface area contributed by atoms with Gasteiger partial charge in [0.05, 0.1) is 30.4 Å². The van der Waals surface area contributed by atoms with Gasteiger partial charge in [0.25, 0.3) is 0 Å². The van der Waals surface area contributed by atoms with Crippen molar-refractivity contribution in [2.24, 2.45) is 11.1 Å². The van der Waals surface area contributed by atoms with E-state index in [2.05, 4.69) is 0 Å². The van der Waals surface area contributed by atoms with Crippen molar-refractivity contribution in [1.29, 1.82) is 5.26 Å². The van der Waals surface area contributed by atoms with Gasteiger partial charge in [-0.05, 0) is 18.9 Å². The van der Waals surface area contributed by atoms with Gasteiger partial charge in [-0.1, -0.05) is 11.6 Å². The first-order chi connectivity index (χ1) is 8.64. The van der Waals surface area contributed by atoms with Crippen LogP contribution in [-0.4, -0.2) is 20.3 Å². The molecule has 0 saturated heterocycles. The molecule has 96 valence electrons. The molecular weight excluding hydrogens is 252 g/mol. The van der Waals surface area contributed by atoms with Crippen LogP contribution < -0.4 is 15.2 Å². The molecular formula is C13H15ClN2O2. The van der Waals surface area contributed by atoms with Crippen LogP contribution in [0.1, 0.15) is 18.4 Å². The third-order valence-corrected chi connectivity index (χ3v) is 3.55. The van der Waals surface area contributed by atoms with Gasteiger partial charge in [-0.25, -0.2) is 0 Å². The minimum atomic E-state index is 0.0994. The molecule has 1 saturated carbocycles. The highest BCUT2D eigenvalue weighted by Crippen LogP contribution is 2.46. The number of hydrogen-bond acceptors (Lipinski definition) is 4. The molecule has 0 bridgehead atoms. The maximum atomic E-state index is 8.86. The first kappa shape index (κ1) is 13.0. The monoisotopic (exact) mass is 266 g/mol. The van der Waals surface area contributed by atoms with E-state index >= 15 is 0 Å². The van der Waals surface area contributed by atoms with E-state index in [4.69, 9.17) is 32.1 Å². The van der Waals surface area contributed by atoms with Gasteiger partial charge >= 0.3 is 0 Å². The lowest BCUT2D eigenvalue weighted by Crippen LogP contribution is -2.23. The van der Waals surface area contributed by atoms with Crippen molar-refractivity contribution in [3.05, 3.63) is 22.7 Å². The predicted octanol–water partition coefficient (Wildman–Crippen LogP) is 2.34. The number of nitrogens with zero attached hydrogens (tertiary/aromatic N) is 1. The van der Waals surface area contributed by atoms with Crippen LogP contribution in [0, 0.1) is 16.7 Å². The van der Waals surface area contributed by atoms with Crippen LogP contribution in [0.3, 0.4) is 0 Å². The van der Waals surface area contributed by atoms with E-state index < -0.39 is 0 Å². The third kappa shape index (κ3) is 2.53. The first-order valence-electron chi connectivity index (χ1n) is 5.74. The number of ether oxygens (including phenoxy) is 2. The van der Waals surface area contributed by atoms with Crippen molar-refractivity contribution in [3.8, 4) is 17.6 Å². The fourth-order valence-corrected chi connectivity index (χ4v) is 2.00. The SMILES string of the molecule is COc1cc(C#N)cc(Cl)c1OCC1(CN)CC1. The van der Waals surface area contributed by atoms with Crippen LogP contribution in [0.4, 0.5) is 0 Å². The second-order valence-electron chi connectivity index (χ2n) is 4.59. The molecule has 1 aromatic carbocycles. The molecule has 0 unspecified atom stereocenters. The van der Waals surface area contributed by atoms with Crippen LogP contribution in [0.15, 0.2) is 12.1 Å². The van der Waals surface area contributed by atoms with Gasteiger partial charge < -0.3 is 15.2 Å². The first-order valence-corrected chi connectivity index (χ1v) is 6.12. The van der Waals surface area contributed by atoms with Gasteiger partial charge in [-0.15, -0.1) is 0 Å². The molecule has 1 fully saturated rings. The number of benzene rings is 1. The number of nitrogens with two attached hydrogens (primary N) is 1. The van der Waals surface area contributed by atoms with Crippen LogP contribution >= 0.6 is 11.6 Å². The summed E-state index contributed by atoms with van der Waals surface area (Å²) in [4.78, 5) is 0. The number of nitriles is 1. The highest BCUT2D eigenvalue weighted by Gasteiger charge is 2.42. The van der Waals surface area contributed by atoms with Crippen molar-refractivity contribution in [2.75, 3.05) is 20.3 Å². The largest absolute Gasteiger partial charge is 0.493 e. The van der Waals surface area contributed by atoms with Gasteiger partial charge in [-0.2, -0.15) is 5.26 Å². The van der Waals surface area contributed by atoms with E-state index in [9.17, 15) is 0 Å². The van der Waals surface area contributed by atoms with E-state index in [-0.39, 0.29) is 5.41 Å². The lowest BCUT2D eigenvalue weighted by Gasteiger charge is -2.17. The zero-order chi connectivity index (χ0) is 13.2. The van der Waals surface area contributed by atoms with Crippen LogP contribution in [-0.2, 0) is 0 Å². The van der Waals surface area contributed by atoms with Crippen molar-refractivity contribution in [3.63, 3.8) is 0 Å². The van der Waals surface area contributed by atoms with Crippen molar-refractivity contribution in [1.82, 2.24) is 0 Å². The number of rotatable bonds is 5. The summed E-state index contributed by atoms with van der Waals surface area (Å²) < 4.78 is 10.9. The smallest absolute Gasteiger partial charge is 0.179 e. The molecule has 1 aliphatic carbocycles. The minimum absolute atomic E-state index is 0.0994. The molecule has 0 heterocycles. The molecule has 1 aromatic rings. The van der Waals surface area contributed by atoms with E-state index in [1.54, 1.807) is 12.1 Å². The lowest BCUT2D eigenvalue weighted by molar-refractivity contribution is 0.229. The number of halogens is 1. The maximum Gasteiger partial charge on any atom is 0.179 e. The van der Waals surface area contributed by atoms with Crippen LogP contribution in [0.25, 0.3) is 0 Å². The normalized spacial score (nSPS) is 15.9. The maximum absolute atomic E-state index is 8.86. The summed E-state index contributed by atoms with van der Waals surface area (Å²) in [7, 11) is 1.52. The summed E-state index contributed by atoms with van der Waals surface area (Å²) in [6.07, 6.45) is 2.17. The Morgan fingerprint density at radius 1 is 1.50 bits per heavy atom. The van der Waals surface area contributed by atoms with Crippen molar-refractivity contribution in [2.45, 2.75) is 12.8 Å². The average molecular weight is 267 g/mol.